The summed E-state index contributed by atoms with van der Waals surface area (Å²) < 4.78 is 12.2. The molecule has 0 saturated heterocycles. The van der Waals surface area contributed by atoms with E-state index in [4.69, 9.17) is 19.9 Å². The highest BCUT2D eigenvalue weighted by Gasteiger charge is 2.37. The van der Waals surface area contributed by atoms with Gasteiger partial charge in [-0.2, -0.15) is 0 Å². The first-order valence-electron chi connectivity index (χ1n) is 10.7. The molecule has 0 aromatic heterocycles. The molecule has 5 rings (SSSR count). The predicted octanol–water partition coefficient (Wildman–Crippen LogP) is 4.25. The molecule has 3 aromatic rings. The molecule has 0 bridgehead atoms. The molecule has 1 N–H and O–H groups in total. The monoisotopic (exact) mass is 426 g/mol. The van der Waals surface area contributed by atoms with Crippen molar-refractivity contribution in [1.82, 2.24) is 9.80 Å². The van der Waals surface area contributed by atoms with Gasteiger partial charge in [-0.25, -0.2) is 4.99 Å². The van der Waals surface area contributed by atoms with Gasteiger partial charge in [0.25, 0.3) is 0 Å². The molecular formula is C26H26N4O2. The summed E-state index contributed by atoms with van der Waals surface area (Å²) in [6.45, 7) is 1.49. The molecule has 3 aromatic carbocycles. The van der Waals surface area contributed by atoms with Crippen LogP contribution in [0.3, 0.4) is 0 Å². The van der Waals surface area contributed by atoms with Crippen molar-refractivity contribution in [2.75, 3.05) is 34.3 Å². The molecule has 0 amide bonds. The lowest BCUT2D eigenvalue weighted by Crippen LogP contribution is -2.44. The molecule has 0 fully saturated rings. The maximum Gasteiger partial charge on any atom is 0.221 e. The van der Waals surface area contributed by atoms with E-state index < -0.39 is 6.23 Å². The number of fused-ring (bicyclic) bond motifs is 4. The van der Waals surface area contributed by atoms with Gasteiger partial charge in [0.1, 0.15) is 17.3 Å². The summed E-state index contributed by atoms with van der Waals surface area (Å²) >= 11 is 0. The van der Waals surface area contributed by atoms with Gasteiger partial charge in [0.2, 0.25) is 6.23 Å². The number of benzene rings is 3. The highest BCUT2D eigenvalue weighted by atomic mass is 16.5. The van der Waals surface area contributed by atoms with Crippen LogP contribution in [0.2, 0.25) is 0 Å². The van der Waals surface area contributed by atoms with Gasteiger partial charge in [0.15, 0.2) is 0 Å². The number of hydrogen-bond acceptors (Lipinski definition) is 5. The molecule has 2 aliphatic rings. The van der Waals surface area contributed by atoms with Crippen molar-refractivity contribution in [3.63, 3.8) is 0 Å². The number of para-hydroxylation sites is 1. The Morgan fingerprint density at radius 1 is 1.03 bits per heavy atom. The van der Waals surface area contributed by atoms with Gasteiger partial charge in [-0.05, 0) is 31.6 Å². The van der Waals surface area contributed by atoms with Gasteiger partial charge < -0.3 is 19.3 Å². The number of ether oxygens (including phenoxy) is 2. The predicted molar refractivity (Wildman–Crippen MR) is 129 cm³/mol. The summed E-state index contributed by atoms with van der Waals surface area (Å²) in [4.78, 5) is 8.70. The maximum atomic E-state index is 9.06. The van der Waals surface area contributed by atoms with E-state index in [1.165, 1.54) is 0 Å². The highest BCUT2D eigenvalue weighted by Crippen LogP contribution is 2.46. The van der Waals surface area contributed by atoms with E-state index in [1.54, 1.807) is 13.4 Å². The number of aliphatic imine (C=N–C) groups is 1. The lowest BCUT2D eigenvalue weighted by molar-refractivity contribution is 0.244. The molecule has 0 aliphatic carbocycles. The standard InChI is InChI=1S/C26H26N4O2/c1-29(2)14-15-30-16-28-26-23(25(30)27)22(19-10-6-7-11-21(19)31-3)20-13-12-17-8-4-5-9-18(17)24(20)32-26/h4-13,16,26-27H,14-15H2,1-3H3. The largest absolute Gasteiger partial charge is 0.496 e. The number of rotatable bonds is 5. The zero-order chi connectivity index (χ0) is 22.2. The van der Waals surface area contributed by atoms with E-state index in [0.29, 0.717) is 12.4 Å². The van der Waals surface area contributed by atoms with Crippen molar-refractivity contribution in [3.8, 4) is 11.5 Å². The van der Waals surface area contributed by atoms with Crippen LogP contribution in [0.25, 0.3) is 16.3 Å². The van der Waals surface area contributed by atoms with Crippen molar-refractivity contribution < 1.29 is 9.47 Å². The summed E-state index contributed by atoms with van der Waals surface area (Å²) in [6, 6.07) is 20.3. The summed E-state index contributed by atoms with van der Waals surface area (Å²) in [5.74, 6) is 1.97. The van der Waals surface area contributed by atoms with E-state index in [9.17, 15) is 0 Å². The lowest BCUT2D eigenvalue weighted by atomic mass is 9.86. The Bertz CT molecular complexity index is 1260. The Kier molecular flexibility index (Phi) is 5.15. The minimum Gasteiger partial charge on any atom is -0.496 e. The molecule has 32 heavy (non-hydrogen) atoms. The molecule has 162 valence electrons. The van der Waals surface area contributed by atoms with E-state index in [0.717, 1.165) is 51.1 Å². The third-order valence-electron chi connectivity index (χ3n) is 5.94. The fourth-order valence-corrected chi connectivity index (χ4v) is 4.32. The van der Waals surface area contributed by atoms with Crippen molar-refractivity contribution in [1.29, 1.82) is 5.41 Å². The molecule has 2 heterocycles. The van der Waals surface area contributed by atoms with Gasteiger partial charge in [-0.3, -0.25) is 5.41 Å². The molecule has 6 nitrogen and oxygen atoms in total. The minimum absolute atomic E-state index is 0.409. The number of nitrogens with one attached hydrogen (secondary N) is 1. The molecular weight excluding hydrogens is 400 g/mol. The highest BCUT2D eigenvalue weighted by molar-refractivity contribution is 6.14. The smallest absolute Gasteiger partial charge is 0.221 e. The average Bonchev–Trinajstić information content (AvgIpc) is 2.82. The lowest BCUT2D eigenvalue weighted by Gasteiger charge is -2.36. The first kappa shape index (κ1) is 20.3. The number of hydrogen-bond donors (Lipinski definition) is 1. The molecule has 1 unspecified atom stereocenters. The van der Waals surface area contributed by atoms with Crippen molar-refractivity contribution in [2.24, 2.45) is 4.99 Å². The van der Waals surface area contributed by atoms with Gasteiger partial charge in [0, 0.05) is 35.2 Å². The SMILES string of the molecule is COc1ccccc1C1=C2C(=N)N(CCN(C)C)C=NC2Oc2c1ccc1ccccc21. The maximum absolute atomic E-state index is 9.06. The molecule has 1 atom stereocenters. The first-order chi connectivity index (χ1) is 15.6. The van der Waals surface area contributed by atoms with E-state index in [-0.39, 0.29) is 0 Å². The van der Waals surface area contributed by atoms with E-state index >= 15 is 0 Å². The van der Waals surface area contributed by atoms with Crippen LogP contribution in [-0.2, 0) is 0 Å². The van der Waals surface area contributed by atoms with Crippen LogP contribution in [0.5, 0.6) is 11.5 Å². The molecule has 0 saturated carbocycles. The zero-order valence-electron chi connectivity index (χ0n) is 18.5. The van der Waals surface area contributed by atoms with Crippen LogP contribution in [0.15, 0.2) is 71.2 Å². The van der Waals surface area contributed by atoms with Crippen LogP contribution in [0, 0.1) is 5.41 Å². The normalized spacial score (nSPS) is 17.4. The van der Waals surface area contributed by atoms with Gasteiger partial charge in [-0.15, -0.1) is 0 Å². The number of likely N-dealkylation sites (N-methyl/N-ethyl adjacent to an activating group) is 1. The zero-order valence-corrected chi connectivity index (χ0v) is 18.5. The van der Waals surface area contributed by atoms with E-state index in [1.807, 2.05) is 55.4 Å². The fourth-order valence-electron chi connectivity index (χ4n) is 4.32. The average molecular weight is 427 g/mol. The minimum atomic E-state index is -0.573. The van der Waals surface area contributed by atoms with Crippen LogP contribution in [0.4, 0.5) is 0 Å². The number of amidine groups is 1. The van der Waals surface area contributed by atoms with Crippen molar-refractivity contribution >= 4 is 28.5 Å². The fraction of sp³-hybridized carbons (Fsp3) is 0.231. The Labute approximate surface area is 187 Å². The second kappa shape index (κ2) is 8.13. The van der Waals surface area contributed by atoms with Crippen LogP contribution < -0.4 is 9.47 Å². The summed E-state index contributed by atoms with van der Waals surface area (Å²) in [7, 11) is 5.73. The topological polar surface area (TPSA) is 61.2 Å². The molecule has 2 aliphatic heterocycles. The Hall–Kier alpha value is -3.64. The van der Waals surface area contributed by atoms with Crippen LogP contribution in [-0.4, -0.2) is 62.5 Å². The Balaban J connectivity index is 1.76. The van der Waals surface area contributed by atoms with Crippen LogP contribution in [0.1, 0.15) is 11.1 Å². The molecule has 6 heteroatoms. The first-order valence-corrected chi connectivity index (χ1v) is 10.7. The van der Waals surface area contributed by atoms with Gasteiger partial charge >= 0.3 is 0 Å². The Morgan fingerprint density at radius 2 is 1.81 bits per heavy atom. The summed E-state index contributed by atoms with van der Waals surface area (Å²) in [5.41, 5.74) is 3.59. The van der Waals surface area contributed by atoms with E-state index in [2.05, 4.69) is 29.2 Å². The molecule has 0 spiro atoms. The van der Waals surface area contributed by atoms with Crippen molar-refractivity contribution in [3.05, 3.63) is 77.4 Å². The van der Waals surface area contributed by atoms with Gasteiger partial charge in [0.05, 0.1) is 19.0 Å². The second-order valence-electron chi connectivity index (χ2n) is 8.23. The number of methoxy groups -OCH3 is 1. The summed E-state index contributed by atoms with van der Waals surface area (Å²) in [5, 5.41) is 11.2. The number of nitrogens with zero attached hydrogens (tertiary/aromatic N) is 3. The Morgan fingerprint density at radius 3 is 2.62 bits per heavy atom. The summed E-state index contributed by atoms with van der Waals surface area (Å²) in [6.07, 6.45) is 1.16. The third-order valence-corrected chi connectivity index (χ3v) is 5.94. The molecule has 0 radical (unpaired) electrons. The quantitative estimate of drug-likeness (QED) is 0.663. The second-order valence-corrected chi connectivity index (χ2v) is 8.23. The van der Waals surface area contributed by atoms with Crippen molar-refractivity contribution in [2.45, 2.75) is 6.23 Å². The van der Waals surface area contributed by atoms with Gasteiger partial charge in [-0.1, -0.05) is 48.5 Å². The third kappa shape index (κ3) is 3.33. The van der Waals surface area contributed by atoms with Crippen LogP contribution >= 0.6 is 0 Å².